The lowest BCUT2D eigenvalue weighted by Gasteiger charge is -2.23. The monoisotopic (exact) mass is 259 g/mol. The first-order chi connectivity index (χ1) is 8.06. The van der Waals surface area contributed by atoms with E-state index in [0.29, 0.717) is 5.02 Å². The third-order valence-electron chi connectivity index (χ3n) is 2.62. The lowest BCUT2D eigenvalue weighted by Crippen LogP contribution is -2.35. The molecule has 0 spiro atoms. The molecule has 0 amide bonds. The van der Waals surface area contributed by atoms with Crippen molar-refractivity contribution in [3.8, 4) is 0 Å². The van der Waals surface area contributed by atoms with E-state index < -0.39 is 5.82 Å². The van der Waals surface area contributed by atoms with Gasteiger partial charge in [-0.15, -0.1) is 0 Å². The van der Waals surface area contributed by atoms with Crippen molar-refractivity contribution in [2.24, 2.45) is 0 Å². The molecule has 0 aromatic carbocycles. The Bertz CT molecular complexity index is 356. The van der Waals surface area contributed by atoms with Crippen molar-refractivity contribution in [1.29, 1.82) is 0 Å². The predicted octanol–water partition coefficient (Wildman–Crippen LogP) is 3.02. The molecule has 0 saturated carbocycles. The zero-order chi connectivity index (χ0) is 12.8. The summed E-state index contributed by atoms with van der Waals surface area (Å²) < 4.78 is 13.5. The molecule has 0 bridgehead atoms. The fourth-order valence-corrected chi connectivity index (χ4v) is 1.81. The van der Waals surface area contributed by atoms with Crippen LogP contribution >= 0.6 is 11.6 Å². The molecule has 0 radical (unpaired) electrons. The number of nitrogens with one attached hydrogen (secondary N) is 1. The summed E-state index contributed by atoms with van der Waals surface area (Å²) in [6.07, 6.45) is 1.44. The first kappa shape index (κ1) is 14.2. The number of aromatic nitrogens is 1. The van der Waals surface area contributed by atoms with Gasteiger partial charge < -0.3 is 10.2 Å². The smallest absolute Gasteiger partial charge is 0.166 e. The number of anilines is 1. The number of hydrogen-bond donors (Lipinski definition) is 1. The van der Waals surface area contributed by atoms with Gasteiger partial charge in [-0.05, 0) is 26.1 Å². The van der Waals surface area contributed by atoms with Gasteiger partial charge in [0.25, 0.3) is 0 Å². The van der Waals surface area contributed by atoms with E-state index in [1.807, 2.05) is 6.92 Å². The molecule has 5 heteroatoms. The highest BCUT2D eigenvalue weighted by Crippen LogP contribution is 2.16. The van der Waals surface area contributed by atoms with E-state index in [1.165, 1.54) is 12.3 Å². The zero-order valence-electron chi connectivity index (χ0n) is 10.5. The van der Waals surface area contributed by atoms with Crippen molar-refractivity contribution in [2.75, 3.05) is 25.0 Å². The SMILES string of the molecule is CCN(CC)CC(C)Nc1ncc(Cl)cc1F. The third-order valence-corrected chi connectivity index (χ3v) is 2.82. The van der Waals surface area contributed by atoms with E-state index in [-0.39, 0.29) is 11.9 Å². The van der Waals surface area contributed by atoms with Crippen LogP contribution in [0.3, 0.4) is 0 Å². The van der Waals surface area contributed by atoms with Gasteiger partial charge in [-0.3, -0.25) is 0 Å². The molecule has 1 unspecified atom stereocenters. The van der Waals surface area contributed by atoms with E-state index >= 15 is 0 Å². The topological polar surface area (TPSA) is 28.2 Å². The normalized spacial score (nSPS) is 12.8. The van der Waals surface area contributed by atoms with E-state index in [4.69, 9.17) is 11.6 Å². The minimum Gasteiger partial charge on any atom is -0.364 e. The summed E-state index contributed by atoms with van der Waals surface area (Å²) in [5.74, 6) is -0.155. The summed E-state index contributed by atoms with van der Waals surface area (Å²) in [7, 11) is 0. The van der Waals surface area contributed by atoms with Gasteiger partial charge in [-0.1, -0.05) is 25.4 Å². The highest BCUT2D eigenvalue weighted by Gasteiger charge is 2.10. The largest absolute Gasteiger partial charge is 0.364 e. The maximum absolute atomic E-state index is 13.5. The average Bonchev–Trinajstić information content (AvgIpc) is 2.29. The van der Waals surface area contributed by atoms with E-state index in [9.17, 15) is 4.39 Å². The summed E-state index contributed by atoms with van der Waals surface area (Å²) in [5, 5.41) is 3.36. The van der Waals surface area contributed by atoms with Crippen LogP contribution in [-0.4, -0.2) is 35.6 Å². The minimum atomic E-state index is -0.413. The van der Waals surface area contributed by atoms with Crippen molar-refractivity contribution in [3.05, 3.63) is 23.1 Å². The van der Waals surface area contributed by atoms with E-state index in [1.54, 1.807) is 0 Å². The van der Waals surface area contributed by atoms with Crippen molar-refractivity contribution in [1.82, 2.24) is 9.88 Å². The fourth-order valence-electron chi connectivity index (χ4n) is 1.67. The summed E-state index contributed by atoms with van der Waals surface area (Å²) >= 11 is 5.64. The molecule has 0 aliphatic heterocycles. The Morgan fingerprint density at radius 2 is 2.12 bits per heavy atom. The Morgan fingerprint density at radius 1 is 1.47 bits per heavy atom. The molecule has 1 aromatic rings. The van der Waals surface area contributed by atoms with Gasteiger partial charge in [-0.2, -0.15) is 0 Å². The van der Waals surface area contributed by atoms with Crippen LogP contribution in [0.2, 0.25) is 5.02 Å². The van der Waals surface area contributed by atoms with Gasteiger partial charge >= 0.3 is 0 Å². The Labute approximate surface area is 107 Å². The minimum absolute atomic E-state index is 0.137. The van der Waals surface area contributed by atoms with Gasteiger partial charge in [0.05, 0.1) is 5.02 Å². The molecule has 1 aromatic heterocycles. The highest BCUT2D eigenvalue weighted by atomic mass is 35.5. The first-order valence-corrected chi connectivity index (χ1v) is 6.24. The van der Waals surface area contributed by atoms with Crippen LogP contribution in [0.5, 0.6) is 0 Å². The van der Waals surface area contributed by atoms with Crippen molar-refractivity contribution in [3.63, 3.8) is 0 Å². The van der Waals surface area contributed by atoms with Gasteiger partial charge in [0.1, 0.15) is 0 Å². The zero-order valence-corrected chi connectivity index (χ0v) is 11.3. The first-order valence-electron chi connectivity index (χ1n) is 5.86. The van der Waals surface area contributed by atoms with Crippen LogP contribution in [0.25, 0.3) is 0 Å². The second-order valence-corrected chi connectivity index (χ2v) is 4.45. The quantitative estimate of drug-likeness (QED) is 0.851. The second-order valence-electron chi connectivity index (χ2n) is 4.02. The van der Waals surface area contributed by atoms with Crippen LogP contribution in [-0.2, 0) is 0 Å². The standard InChI is InChI=1S/C12H19ClFN3/c1-4-17(5-2)8-9(3)16-12-11(14)6-10(13)7-15-12/h6-7,9H,4-5,8H2,1-3H3,(H,15,16). The van der Waals surface area contributed by atoms with Crippen molar-refractivity contribution in [2.45, 2.75) is 26.8 Å². The molecule has 3 nitrogen and oxygen atoms in total. The lowest BCUT2D eigenvalue weighted by atomic mass is 10.3. The second kappa shape index (κ2) is 6.77. The van der Waals surface area contributed by atoms with Crippen LogP contribution in [0.1, 0.15) is 20.8 Å². The Kier molecular flexibility index (Phi) is 5.65. The summed E-state index contributed by atoms with van der Waals surface area (Å²) in [6.45, 7) is 9.05. The summed E-state index contributed by atoms with van der Waals surface area (Å²) in [5.41, 5.74) is 0. The number of hydrogen-bond acceptors (Lipinski definition) is 3. The fraction of sp³-hybridized carbons (Fsp3) is 0.583. The number of nitrogens with zero attached hydrogens (tertiary/aromatic N) is 2. The molecule has 1 rings (SSSR count). The molecule has 96 valence electrons. The van der Waals surface area contributed by atoms with Crippen LogP contribution < -0.4 is 5.32 Å². The molecule has 0 fully saturated rings. The van der Waals surface area contributed by atoms with E-state index in [2.05, 4.69) is 29.0 Å². The highest BCUT2D eigenvalue weighted by molar-refractivity contribution is 6.30. The van der Waals surface area contributed by atoms with Crippen LogP contribution in [0.15, 0.2) is 12.3 Å². The molecule has 0 aliphatic carbocycles. The number of halogens is 2. The molecule has 1 heterocycles. The van der Waals surface area contributed by atoms with Gasteiger partial charge in [-0.25, -0.2) is 9.37 Å². The maximum Gasteiger partial charge on any atom is 0.166 e. The molecule has 0 aliphatic rings. The average molecular weight is 260 g/mol. The third kappa shape index (κ3) is 4.48. The molecule has 17 heavy (non-hydrogen) atoms. The van der Waals surface area contributed by atoms with Gasteiger partial charge in [0, 0.05) is 18.8 Å². The molecule has 0 saturated heterocycles. The predicted molar refractivity (Wildman–Crippen MR) is 70.1 cm³/mol. The summed E-state index contributed by atoms with van der Waals surface area (Å²) in [6, 6.07) is 1.40. The number of likely N-dealkylation sites (N-methyl/N-ethyl adjacent to an activating group) is 1. The maximum atomic E-state index is 13.5. The van der Waals surface area contributed by atoms with Crippen LogP contribution in [0, 0.1) is 5.82 Å². The Morgan fingerprint density at radius 3 is 2.65 bits per heavy atom. The molecular weight excluding hydrogens is 241 g/mol. The molecule has 1 atom stereocenters. The lowest BCUT2D eigenvalue weighted by molar-refractivity contribution is 0.294. The van der Waals surface area contributed by atoms with Crippen LogP contribution in [0.4, 0.5) is 10.2 Å². The van der Waals surface area contributed by atoms with Gasteiger partial charge in [0.15, 0.2) is 11.6 Å². The number of pyridine rings is 1. The Balaban J connectivity index is 2.58. The van der Waals surface area contributed by atoms with Crippen molar-refractivity contribution >= 4 is 17.4 Å². The number of rotatable bonds is 6. The summed E-state index contributed by atoms with van der Waals surface area (Å²) in [4.78, 5) is 6.21. The molecular formula is C12H19ClFN3. The van der Waals surface area contributed by atoms with Crippen molar-refractivity contribution < 1.29 is 4.39 Å². The molecule has 1 N–H and O–H groups in total. The Hall–Kier alpha value is -0.870. The van der Waals surface area contributed by atoms with Gasteiger partial charge in [0.2, 0.25) is 0 Å². The van der Waals surface area contributed by atoms with E-state index in [0.717, 1.165) is 19.6 Å².